The van der Waals surface area contributed by atoms with Gasteiger partial charge in [0.1, 0.15) is 11.4 Å². The van der Waals surface area contributed by atoms with Gasteiger partial charge < -0.3 is 19.4 Å². The Balaban J connectivity index is 2.55. The van der Waals surface area contributed by atoms with Gasteiger partial charge in [-0.2, -0.15) is 0 Å². The number of nitrogens with zero attached hydrogens (tertiary/aromatic N) is 1. The second-order valence-electron chi connectivity index (χ2n) is 5.42. The maximum Gasteiger partial charge on any atom is 0.343 e. The van der Waals surface area contributed by atoms with Crippen LogP contribution in [-0.4, -0.2) is 37.4 Å². The van der Waals surface area contributed by atoms with Gasteiger partial charge in [0.2, 0.25) is 5.43 Å². The minimum absolute atomic E-state index is 0.0259. The van der Waals surface area contributed by atoms with E-state index < -0.39 is 17.2 Å². The number of benzene rings is 1. The fraction of sp³-hybridized carbons (Fsp3) is 0.412. The molecule has 0 atom stereocenters. The molecule has 0 aliphatic heterocycles. The number of fused-ring (bicyclic) bond motifs is 1. The number of methoxy groups -OCH3 is 1. The van der Waals surface area contributed by atoms with Crippen molar-refractivity contribution < 1.29 is 18.7 Å². The number of hydrogen-bond donors (Lipinski definition) is 1. The molecular formula is C17H20ClFN2O4. The molecule has 1 aromatic heterocycles. The third kappa shape index (κ3) is 3.93. The van der Waals surface area contributed by atoms with Crippen molar-refractivity contribution in [2.75, 3.05) is 32.2 Å². The molecule has 1 N–H and O–H groups in total. The molecule has 25 heavy (non-hydrogen) atoms. The molecule has 0 spiro atoms. The number of ether oxygens (including phenoxy) is 2. The lowest BCUT2D eigenvalue weighted by molar-refractivity contribution is 0.0524. The van der Waals surface area contributed by atoms with E-state index in [0.717, 1.165) is 6.07 Å². The van der Waals surface area contributed by atoms with Gasteiger partial charge in [0.15, 0.2) is 0 Å². The lowest BCUT2D eigenvalue weighted by atomic mass is 10.1. The van der Waals surface area contributed by atoms with Crippen LogP contribution in [-0.2, 0) is 16.5 Å². The number of aryl methyl sites for hydroxylation is 1. The van der Waals surface area contributed by atoms with Gasteiger partial charge in [-0.25, -0.2) is 9.18 Å². The number of rotatable bonds is 7. The Kier molecular flexibility index (Phi) is 6.39. The first-order valence-corrected chi connectivity index (χ1v) is 8.21. The Labute approximate surface area is 149 Å². The zero-order valence-electron chi connectivity index (χ0n) is 14.3. The summed E-state index contributed by atoms with van der Waals surface area (Å²) in [5.41, 5.74) is -0.314. The Morgan fingerprint density at radius 3 is 2.80 bits per heavy atom. The zero-order valence-corrected chi connectivity index (χ0v) is 15.1. The molecule has 0 saturated carbocycles. The smallest absolute Gasteiger partial charge is 0.343 e. The molecule has 8 heteroatoms. The van der Waals surface area contributed by atoms with Gasteiger partial charge >= 0.3 is 5.97 Å². The van der Waals surface area contributed by atoms with E-state index in [1.807, 2.05) is 0 Å². The molecule has 6 nitrogen and oxygen atoms in total. The molecule has 0 unspecified atom stereocenters. The van der Waals surface area contributed by atoms with Crippen LogP contribution in [0.25, 0.3) is 10.9 Å². The Morgan fingerprint density at radius 1 is 1.44 bits per heavy atom. The average molecular weight is 371 g/mol. The summed E-state index contributed by atoms with van der Waals surface area (Å²) in [4.78, 5) is 24.5. The van der Waals surface area contributed by atoms with Crippen molar-refractivity contribution in [3.8, 4) is 0 Å². The third-order valence-corrected chi connectivity index (χ3v) is 4.05. The summed E-state index contributed by atoms with van der Waals surface area (Å²) in [6.07, 6.45) is 2.02. The number of hydrogen-bond acceptors (Lipinski definition) is 5. The van der Waals surface area contributed by atoms with Crippen molar-refractivity contribution >= 4 is 34.2 Å². The van der Waals surface area contributed by atoms with Gasteiger partial charge in [0, 0.05) is 33.5 Å². The number of pyridine rings is 1. The van der Waals surface area contributed by atoms with Gasteiger partial charge in [-0.3, -0.25) is 4.79 Å². The van der Waals surface area contributed by atoms with Gasteiger partial charge in [0.05, 0.1) is 28.2 Å². The predicted octanol–water partition coefficient (Wildman–Crippen LogP) is 2.96. The first-order chi connectivity index (χ1) is 11.9. The summed E-state index contributed by atoms with van der Waals surface area (Å²) in [6, 6.07) is 1.09. The number of aromatic nitrogens is 1. The van der Waals surface area contributed by atoms with Crippen LogP contribution < -0.4 is 10.7 Å². The molecule has 0 radical (unpaired) electrons. The first kappa shape index (κ1) is 19.2. The van der Waals surface area contributed by atoms with E-state index in [4.69, 9.17) is 21.1 Å². The fourth-order valence-electron chi connectivity index (χ4n) is 2.53. The number of carbonyl (C=O) groups is 1. The van der Waals surface area contributed by atoms with E-state index in [0.29, 0.717) is 25.1 Å². The molecule has 0 amide bonds. The normalized spacial score (nSPS) is 10.9. The Morgan fingerprint density at radius 2 is 2.16 bits per heavy atom. The number of carbonyl (C=O) groups excluding carboxylic acids is 1. The van der Waals surface area contributed by atoms with Crippen LogP contribution in [0.2, 0.25) is 5.02 Å². The highest BCUT2D eigenvalue weighted by Crippen LogP contribution is 2.32. The van der Waals surface area contributed by atoms with Crippen LogP contribution in [0, 0.1) is 5.82 Å². The van der Waals surface area contributed by atoms with Crippen molar-refractivity contribution in [3.05, 3.63) is 38.9 Å². The van der Waals surface area contributed by atoms with E-state index in [-0.39, 0.29) is 28.3 Å². The molecule has 0 aliphatic carbocycles. The van der Waals surface area contributed by atoms with Crippen LogP contribution in [0.15, 0.2) is 17.1 Å². The second kappa shape index (κ2) is 8.31. The molecule has 0 fully saturated rings. The molecule has 1 aromatic carbocycles. The second-order valence-corrected chi connectivity index (χ2v) is 5.80. The summed E-state index contributed by atoms with van der Waals surface area (Å²) in [6.45, 7) is 2.77. The number of nitrogens with one attached hydrogen (secondary N) is 1. The maximum absolute atomic E-state index is 14.4. The summed E-state index contributed by atoms with van der Waals surface area (Å²) in [7, 11) is 3.21. The van der Waals surface area contributed by atoms with Crippen LogP contribution in [0.4, 0.5) is 10.1 Å². The SMILES string of the molecule is CCOC(=O)c1cn(C)c2c(Cl)c(NCCCOC)c(F)cc2c1=O. The largest absolute Gasteiger partial charge is 0.462 e. The highest BCUT2D eigenvalue weighted by molar-refractivity contribution is 6.37. The van der Waals surface area contributed by atoms with Gasteiger partial charge in [0.25, 0.3) is 0 Å². The standard InChI is InChI=1S/C17H20ClFN2O4/c1-4-25-17(23)11-9-21(2)15-10(16(11)22)8-12(19)14(13(15)18)20-6-5-7-24-3/h8-9,20H,4-7H2,1-3H3. The molecule has 136 valence electrons. The minimum atomic E-state index is -0.747. The van der Waals surface area contributed by atoms with Gasteiger partial charge in [-0.05, 0) is 19.4 Å². The third-order valence-electron chi connectivity index (χ3n) is 3.68. The van der Waals surface area contributed by atoms with E-state index in [2.05, 4.69) is 5.32 Å². The highest BCUT2D eigenvalue weighted by atomic mass is 35.5. The van der Waals surface area contributed by atoms with Crippen molar-refractivity contribution in [2.45, 2.75) is 13.3 Å². The van der Waals surface area contributed by atoms with E-state index >= 15 is 0 Å². The summed E-state index contributed by atoms with van der Waals surface area (Å²) < 4.78 is 25.8. The first-order valence-electron chi connectivity index (χ1n) is 7.83. The number of anilines is 1. The van der Waals surface area contributed by atoms with Gasteiger partial charge in [-0.15, -0.1) is 0 Å². The molecular weight excluding hydrogens is 351 g/mol. The number of esters is 1. The number of halogens is 2. The highest BCUT2D eigenvalue weighted by Gasteiger charge is 2.20. The van der Waals surface area contributed by atoms with Gasteiger partial charge in [-0.1, -0.05) is 11.6 Å². The quantitative estimate of drug-likeness (QED) is 0.599. The Bertz CT molecular complexity index is 851. The fourth-order valence-corrected chi connectivity index (χ4v) is 2.93. The molecule has 2 rings (SSSR count). The summed E-state index contributed by atoms with van der Waals surface area (Å²) in [5.74, 6) is -1.41. The molecule has 1 heterocycles. The molecule has 0 aliphatic rings. The van der Waals surface area contributed by atoms with E-state index in [1.165, 1.54) is 10.8 Å². The topological polar surface area (TPSA) is 69.6 Å². The minimum Gasteiger partial charge on any atom is -0.462 e. The van der Waals surface area contributed by atoms with Crippen molar-refractivity contribution in [3.63, 3.8) is 0 Å². The zero-order chi connectivity index (χ0) is 18.6. The van der Waals surface area contributed by atoms with Crippen LogP contribution in [0.5, 0.6) is 0 Å². The van der Waals surface area contributed by atoms with Crippen LogP contribution in [0.3, 0.4) is 0 Å². The van der Waals surface area contributed by atoms with E-state index in [9.17, 15) is 14.0 Å². The lowest BCUT2D eigenvalue weighted by Gasteiger charge is -2.15. The van der Waals surface area contributed by atoms with Crippen LogP contribution in [0.1, 0.15) is 23.7 Å². The summed E-state index contributed by atoms with van der Waals surface area (Å²) >= 11 is 6.32. The summed E-state index contributed by atoms with van der Waals surface area (Å²) in [5, 5.41) is 3.03. The molecule has 2 aromatic rings. The van der Waals surface area contributed by atoms with E-state index in [1.54, 1.807) is 21.1 Å². The predicted molar refractivity (Wildman–Crippen MR) is 95.1 cm³/mol. The average Bonchev–Trinajstić information content (AvgIpc) is 2.57. The van der Waals surface area contributed by atoms with Crippen molar-refractivity contribution in [1.29, 1.82) is 0 Å². The Hall–Kier alpha value is -2.12. The monoisotopic (exact) mass is 370 g/mol. The van der Waals surface area contributed by atoms with Crippen molar-refractivity contribution in [1.82, 2.24) is 4.57 Å². The van der Waals surface area contributed by atoms with Crippen molar-refractivity contribution in [2.24, 2.45) is 7.05 Å². The molecule has 0 bridgehead atoms. The van der Waals surface area contributed by atoms with Crippen LogP contribution >= 0.6 is 11.6 Å². The maximum atomic E-state index is 14.4. The lowest BCUT2D eigenvalue weighted by Crippen LogP contribution is -2.21. The molecule has 0 saturated heterocycles.